The molecule has 0 fully saturated rings. The second-order valence-electron chi connectivity index (χ2n) is 6.31. The van der Waals surface area contributed by atoms with Crippen LogP contribution < -0.4 is 4.90 Å². The lowest BCUT2D eigenvalue weighted by atomic mass is 10.1. The molecule has 0 saturated heterocycles. The van der Waals surface area contributed by atoms with E-state index in [4.69, 9.17) is 5.26 Å². The quantitative estimate of drug-likeness (QED) is 0.635. The highest BCUT2D eigenvalue weighted by Gasteiger charge is 2.19. The molecule has 7 heteroatoms. The van der Waals surface area contributed by atoms with E-state index in [-0.39, 0.29) is 5.91 Å². The van der Waals surface area contributed by atoms with E-state index in [1.807, 2.05) is 53.9 Å². The number of likely N-dealkylation sites (N-methyl/N-ethyl adjacent to an activating group) is 2. The molecule has 0 radical (unpaired) electrons. The summed E-state index contributed by atoms with van der Waals surface area (Å²) in [5.41, 5.74) is 2.00. The molecule has 0 atom stereocenters. The molecule has 0 aliphatic rings. The van der Waals surface area contributed by atoms with Gasteiger partial charge in [-0.2, -0.15) is 5.26 Å². The number of aromatic nitrogens is 3. The Morgan fingerprint density at radius 2 is 2.04 bits per heavy atom. The maximum absolute atomic E-state index is 13.2. The monoisotopic (exact) mass is 374 g/mol. The van der Waals surface area contributed by atoms with Crippen molar-refractivity contribution in [2.45, 2.75) is 6.92 Å². The van der Waals surface area contributed by atoms with Crippen molar-refractivity contribution in [3.63, 3.8) is 0 Å². The van der Waals surface area contributed by atoms with Crippen LogP contribution >= 0.6 is 0 Å². The number of para-hydroxylation sites is 1. The summed E-state index contributed by atoms with van der Waals surface area (Å²) in [5, 5.41) is 9.05. The summed E-state index contributed by atoms with van der Waals surface area (Å²) in [5.74, 6) is 0.681. The molecule has 0 aliphatic carbocycles. The summed E-state index contributed by atoms with van der Waals surface area (Å²) in [6, 6.07) is 13.1. The van der Waals surface area contributed by atoms with Gasteiger partial charge in [0.05, 0.1) is 29.2 Å². The SMILES string of the molecule is CCN(CCN(C)c1cc(C#N)ccn1)C(=O)c1ccccc1-n1ccnc1. The van der Waals surface area contributed by atoms with Gasteiger partial charge in [-0.15, -0.1) is 0 Å². The van der Waals surface area contributed by atoms with Crippen LogP contribution in [0.3, 0.4) is 0 Å². The Labute approximate surface area is 164 Å². The van der Waals surface area contributed by atoms with Gasteiger partial charge in [-0.3, -0.25) is 4.79 Å². The maximum Gasteiger partial charge on any atom is 0.256 e. The molecule has 28 heavy (non-hydrogen) atoms. The second-order valence-corrected chi connectivity index (χ2v) is 6.31. The molecule has 3 rings (SSSR count). The number of imidazole rings is 1. The van der Waals surface area contributed by atoms with E-state index in [9.17, 15) is 4.79 Å². The second kappa shape index (κ2) is 8.82. The van der Waals surface area contributed by atoms with Crippen LogP contribution in [0.1, 0.15) is 22.8 Å². The highest BCUT2D eigenvalue weighted by Crippen LogP contribution is 2.17. The Morgan fingerprint density at radius 3 is 2.75 bits per heavy atom. The highest BCUT2D eigenvalue weighted by molar-refractivity contribution is 5.97. The predicted molar refractivity (Wildman–Crippen MR) is 107 cm³/mol. The van der Waals surface area contributed by atoms with E-state index in [1.54, 1.807) is 35.8 Å². The number of nitrogens with zero attached hydrogens (tertiary/aromatic N) is 6. The smallest absolute Gasteiger partial charge is 0.256 e. The van der Waals surface area contributed by atoms with Gasteiger partial charge in [0.2, 0.25) is 0 Å². The van der Waals surface area contributed by atoms with Crippen molar-refractivity contribution in [2.75, 3.05) is 31.6 Å². The van der Waals surface area contributed by atoms with Crippen molar-refractivity contribution in [3.8, 4) is 11.8 Å². The third-order valence-electron chi connectivity index (χ3n) is 4.56. The zero-order valence-corrected chi connectivity index (χ0v) is 16.0. The minimum atomic E-state index is -0.0288. The maximum atomic E-state index is 13.2. The molecule has 0 N–H and O–H groups in total. The number of hydrogen-bond donors (Lipinski definition) is 0. The van der Waals surface area contributed by atoms with E-state index in [2.05, 4.69) is 16.0 Å². The first-order valence-electron chi connectivity index (χ1n) is 9.08. The Balaban J connectivity index is 1.74. The van der Waals surface area contributed by atoms with Gasteiger partial charge in [0.25, 0.3) is 5.91 Å². The van der Waals surface area contributed by atoms with Gasteiger partial charge in [-0.1, -0.05) is 12.1 Å². The number of amides is 1. The van der Waals surface area contributed by atoms with Crippen molar-refractivity contribution < 1.29 is 4.79 Å². The number of carbonyl (C=O) groups excluding carboxylic acids is 1. The van der Waals surface area contributed by atoms with Crippen molar-refractivity contribution >= 4 is 11.7 Å². The minimum absolute atomic E-state index is 0.0288. The van der Waals surface area contributed by atoms with Crippen LogP contribution in [0.15, 0.2) is 61.3 Å². The van der Waals surface area contributed by atoms with Gasteiger partial charge in [-0.25, -0.2) is 9.97 Å². The first-order valence-corrected chi connectivity index (χ1v) is 9.08. The van der Waals surface area contributed by atoms with Gasteiger partial charge in [0.15, 0.2) is 0 Å². The van der Waals surface area contributed by atoms with Crippen LogP contribution in [0.25, 0.3) is 5.69 Å². The number of benzene rings is 1. The number of hydrogen-bond acceptors (Lipinski definition) is 5. The van der Waals surface area contributed by atoms with Crippen LogP contribution in [0.4, 0.5) is 5.82 Å². The molecule has 0 aliphatic heterocycles. The first kappa shape index (κ1) is 19.1. The third-order valence-corrected chi connectivity index (χ3v) is 4.56. The topological polar surface area (TPSA) is 78.0 Å². The lowest BCUT2D eigenvalue weighted by Gasteiger charge is -2.26. The number of carbonyl (C=O) groups is 1. The fourth-order valence-electron chi connectivity index (χ4n) is 2.94. The van der Waals surface area contributed by atoms with Crippen LogP contribution in [-0.4, -0.2) is 52.0 Å². The Kier molecular flexibility index (Phi) is 6.02. The van der Waals surface area contributed by atoms with Gasteiger partial charge < -0.3 is 14.4 Å². The highest BCUT2D eigenvalue weighted by atomic mass is 16.2. The van der Waals surface area contributed by atoms with Gasteiger partial charge >= 0.3 is 0 Å². The Bertz CT molecular complexity index is 977. The summed E-state index contributed by atoms with van der Waals surface area (Å²) in [6.45, 7) is 3.71. The van der Waals surface area contributed by atoms with Gasteiger partial charge in [-0.05, 0) is 31.2 Å². The number of rotatable bonds is 7. The molecule has 142 valence electrons. The minimum Gasteiger partial charge on any atom is -0.358 e. The van der Waals surface area contributed by atoms with Crippen LogP contribution in [0, 0.1) is 11.3 Å². The van der Waals surface area contributed by atoms with Crippen LogP contribution in [0.2, 0.25) is 0 Å². The molecule has 1 aromatic carbocycles. The number of anilines is 1. The van der Waals surface area contributed by atoms with E-state index in [0.29, 0.717) is 36.6 Å². The summed E-state index contributed by atoms with van der Waals surface area (Å²) in [4.78, 5) is 25.3. The average molecular weight is 374 g/mol. The average Bonchev–Trinajstić information content (AvgIpc) is 3.28. The first-order chi connectivity index (χ1) is 13.6. The van der Waals surface area contributed by atoms with Crippen molar-refractivity contribution in [1.29, 1.82) is 5.26 Å². The summed E-state index contributed by atoms with van der Waals surface area (Å²) >= 11 is 0. The predicted octanol–water partition coefficient (Wildman–Crippen LogP) is 2.74. The summed E-state index contributed by atoms with van der Waals surface area (Å²) in [6.07, 6.45) is 6.82. The largest absolute Gasteiger partial charge is 0.358 e. The van der Waals surface area contributed by atoms with Crippen molar-refractivity contribution in [2.24, 2.45) is 0 Å². The number of nitriles is 1. The van der Waals surface area contributed by atoms with Gasteiger partial charge in [0, 0.05) is 45.3 Å². The Hall–Kier alpha value is -3.66. The molecule has 2 aromatic heterocycles. The Morgan fingerprint density at radius 1 is 1.21 bits per heavy atom. The lowest BCUT2D eigenvalue weighted by Crippen LogP contribution is -2.38. The molecule has 0 bridgehead atoms. The number of pyridine rings is 1. The molecule has 3 aromatic rings. The molecule has 1 amide bonds. The normalized spacial score (nSPS) is 10.3. The zero-order chi connectivity index (χ0) is 19.9. The summed E-state index contributed by atoms with van der Waals surface area (Å²) in [7, 11) is 1.90. The fourth-order valence-corrected chi connectivity index (χ4v) is 2.94. The van der Waals surface area contributed by atoms with E-state index < -0.39 is 0 Å². The molecular formula is C21H22N6O. The van der Waals surface area contributed by atoms with Crippen LogP contribution in [-0.2, 0) is 0 Å². The van der Waals surface area contributed by atoms with Gasteiger partial charge in [0.1, 0.15) is 5.82 Å². The van der Waals surface area contributed by atoms with Crippen molar-refractivity contribution in [3.05, 3.63) is 72.4 Å². The van der Waals surface area contributed by atoms with E-state index >= 15 is 0 Å². The molecule has 0 unspecified atom stereocenters. The van der Waals surface area contributed by atoms with E-state index in [1.165, 1.54) is 0 Å². The lowest BCUT2D eigenvalue weighted by molar-refractivity contribution is 0.0768. The standard InChI is InChI=1S/C21H22N6O/c1-3-26(13-12-25(2)20-14-17(15-22)8-9-24-20)21(28)18-6-4-5-7-19(18)27-11-10-23-16-27/h4-11,14,16H,3,12-13H2,1-2H3. The van der Waals surface area contributed by atoms with Crippen molar-refractivity contribution in [1.82, 2.24) is 19.4 Å². The zero-order valence-electron chi connectivity index (χ0n) is 16.0. The molecular weight excluding hydrogens is 352 g/mol. The van der Waals surface area contributed by atoms with E-state index in [0.717, 1.165) is 5.69 Å². The van der Waals surface area contributed by atoms with Crippen LogP contribution in [0.5, 0.6) is 0 Å². The molecule has 7 nitrogen and oxygen atoms in total. The molecule has 0 spiro atoms. The summed E-state index contributed by atoms with van der Waals surface area (Å²) < 4.78 is 1.84. The third kappa shape index (κ3) is 4.18. The molecule has 2 heterocycles. The fraction of sp³-hybridized carbons (Fsp3) is 0.238. The molecule has 0 saturated carbocycles.